The molecule has 0 saturated carbocycles. The van der Waals surface area contributed by atoms with E-state index in [-0.39, 0.29) is 0 Å². The van der Waals surface area contributed by atoms with Crippen LogP contribution in [-0.4, -0.2) is 0 Å². The normalized spacial score (nSPS) is 12.0. The molecule has 2 nitrogen and oxygen atoms in total. The van der Waals surface area contributed by atoms with Crippen LogP contribution in [0.2, 0.25) is 0 Å². The molecule has 11 aromatic rings. The Balaban J connectivity index is 1.37. The topological polar surface area (TPSA) is 26.3 Å². The Kier molecular flexibility index (Phi) is 5.70. The molecule has 50 heavy (non-hydrogen) atoms. The molecule has 0 fully saturated rings. The minimum absolute atomic E-state index is 0.876. The van der Waals surface area contributed by atoms with E-state index in [0.717, 1.165) is 60.2 Å². The quantitative estimate of drug-likeness (QED) is 0.180. The van der Waals surface area contributed by atoms with Gasteiger partial charge in [-0.2, -0.15) is 0 Å². The summed E-state index contributed by atoms with van der Waals surface area (Å²) >= 11 is 0. The van der Waals surface area contributed by atoms with Crippen molar-refractivity contribution in [3.63, 3.8) is 0 Å². The number of para-hydroxylation sites is 2. The first kappa shape index (κ1) is 27.3. The fourth-order valence-corrected chi connectivity index (χ4v) is 8.31. The maximum Gasteiger partial charge on any atom is 0.143 e. The molecule has 0 radical (unpaired) electrons. The van der Waals surface area contributed by atoms with E-state index in [4.69, 9.17) is 8.83 Å². The Morgan fingerprint density at radius 2 is 0.880 bits per heavy atom. The second kappa shape index (κ2) is 10.4. The Morgan fingerprint density at radius 1 is 0.300 bits per heavy atom. The zero-order valence-electron chi connectivity index (χ0n) is 27.0. The molecule has 0 bridgehead atoms. The number of furan rings is 2. The van der Waals surface area contributed by atoms with Crippen LogP contribution in [-0.2, 0) is 0 Å². The lowest BCUT2D eigenvalue weighted by Gasteiger charge is -2.19. The Bertz CT molecular complexity index is 3130. The monoisotopic (exact) mass is 636 g/mol. The van der Waals surface area contributed by atoms with Gasteiger partial charge in [-0.25, -0.2) is 0 Å². The van der Waals surface area contributed by atoms with Gasteiger partial charge in [0, 0.05) is 38.1 Å². The molecule has 0 aliphatic carbocycles. The van der Waals surface area contributed by atoms with Gasteiger partial charge in [0.05, 0.1) is 0 Å². The van der Waals surface area contributed by atoms with E-state index < -0.39 is 0 Å². The van der Waals surface area contributed by atoms with Crippen molar-refractivity contribution in [1.29, 1.82) is 0 Å². The molecule has 0 aliphatic heterocycles. The predicted octanol–water partition coefficient (Wildman–Crippen LogP) is 13.9. The molecule has 0 aliphatic rings. The summed E-state index contributed by atoms with van der Waals surface area (Å²) in [4.78, 5) is 0. The number of benzene rings is 9. The zero-order chi connectivity index (χ0) is 32.8. The summed E-state index contributed by atoms with van der Waals surface area (Å²) in [6.07, 6.45) is 0. The van der Waals surface area contributed by atoms with E-state index in [1.807, 2.05) is 6.07 Å². The van der Waals surface area contributed by atoms with Gasteiger partial charge in [-0.3, -0.25) is 0 Å². The van der Waals surface area contributed by atoms with Gasteiger partial charge in [-0.15, -0.1) is 0 Å². The predicted molar refractivity (Wildman–Crippen MR) is 210 cm³/mol. The molecule has 0 atom stereocenters. The molecule has 0 N–H and O–H groups in total. The van der Waals surface area contributed by atoms with E-state index in [9.17, 15) is 0 Å². The summed E-state index contributed by atoms with van der Waals surface area (Å²) in [5, 5.41) is 11.6. The Morgan fingerprint density at radius 3 is 1.62 bits per heavy atom. The van der Waals surface area contributed by atoms with Crippen molar-refractivity contribution in [1.82, 2.24) is 0 Å². The molecule has 0 amide bonds. The second-order valence-corrected chi connectivity index (χ2v) is 13.1. The number of hydrogen-bond acceptors (Lipinski definition) is 2. The second-order valence-electron chi connectivity index (χ2n) is 13.1. The van der Waals surface area contributed by atoms with Gasteiger partial charge in [0.15, 0.2) is 0 Å². The summed E-state index contributed by atoms with van der Waals surface area (Å²) in [7, 11) is 0. The van der Waals surface area contributed by atoms with Gasteiger partial charge in [-0.1, -0.05) is 140 Å². The first-order valence-electron chi connectivity index (χ1n) is 17.1. The third-order valence-corrected chi connectivity index (χ3v) is 10.4. The molecule has 11 rings (SSSR count). The highest BCUT2D eigenvalue weighted by Crippen LogP contribution is 2.50. The van der Waals surface area contributed by atoms with Crippen molar-refractivity contribution in [3.8, 4) is 33.4 Å². The van der Waals surface area contributed by atoms with Gasteiger partial charge in [0.1, 0.15) is 22.3 Å². The number of fused-ring (bicyclic) bond motifs is 11. The van der Waals surface area contributed by atoms with Crippen molar-refractivity contribution < 1.29 is 8.83 Å². The molecular formula is C48H28O2. The third-order valence-electron chi connectivity index (χ3n) is 10.4. The van der Waals surface area contributed by atoms with E-state index in [2.05, 4.69) is 164 Å². The molecule has 0 unspecified atom stereocenters. The van der Waals surface area contributed by atoms with Crippen LogP contribution in [0, 0.1) is 0 Å². The smallest absolute Gasteiger partial charge is 0.143 e. The van der Waals surface area contributed by atoms with E-state index in [0.29, 0.717) is 0 Å². The van der Waals surface area contributed by atoms with Crippen LogP contribution in [0.5, 0.6) is 0 Å². The molecular weight excluding hydrogens is 609 g/mol. The first-order chi connectivity index (χ1) is 24.8. The molecule has 0 spiro atoms. The van der Waals surface area contributed by atoms with Crippen molar-refractivity contribution in [2.75, 3.05) is 0 Å². The molecule has 2 heteroatoms. The largest absolute Gasteiger partial charge is 0.456 e. The lowest BCUT2D eigenvalue weighted by atomic mass is 9.83. The van der Waals surface area contributed by atoms with Crippen LogP contribution >= 0.6 is 0 Å². The zero-order valence-corrected chi connectivity index (χ0v) is 27.0. The standard InChI is InChI=1S/C48H28O2/c1-3-13-29(14-4-1)31-23-25-35-38(27-31)45(34-18-8-7-17-33(34)43(35)30-15-5-2-6-16-30)39-28-32-24-26-42-46(36-19-9-11-21-40(36)49-42)44(32)47-37-20-10-12-22-41(37)50-48(39)47/h1-28H. The average Bonchev–Trinajstić information content (AvgIpc) is 3.76. The van der Waals surface area contributed by atoms with E-state index in [1.54, 1.807) is 0 Å². The van der Waals surface area contributed by atoms with Crippen LogP contribution in [0.4, 0.5) is 0 Å². The van der Waals surface area contributed by atoms with Gasteiger partial charge in [0.2, 0.25) is 0 Å². The van der Waals surface area contributed by atoms with Crippen LogP contribution in [0.15, 0.2) is 179 Å². The van der Waals surface area contributed by atoms with Crippen molar-refractivity contribution >= 4 is 76.2 Å². The lowest BCUT2D eigenvalue weighted by Crippen LogP contribution is -1.92. The molecule has 9 aromatic carbocycles. The summed E-state index contributed by atoms with van der Waals surface area (Å²) < 4.78 is 13.4. The van der Waals surface area contributed by atoms with Crippen LogP contribution in [0.25, 0.3) is 110 Å². The van der Waals surface area contributed by atoms with Gasteiger partial charge >= 0.3 is 0 Å². The van der Waals surface area contributed by atoms with Crippen LogP contribution in [0.3, 0.4) is 0 Å². The maximum atomic E-state index is 6.98. The van der Waals surface area contributed by atoms with Crippen molar-refractivity contribution in [2.24, 2.45) is 0 Å². The fourth-order valence-electron chi connectivity index (χ4n) is 8.31. The van der Waals surface area contributed by atoms with Crippen molar-refractivity contribution in [3.05, 3.63) is 170 Å². The average molecular weight is 637 g/mol. The van der Waals surface area contributed by atoms with Gasteiger partial charge in [0.25, 0.3) is 0 Å². The number of rotatable bonds is 3. The molecule has 232 valence electrons. The minimum atomic E-state index is 0.876. The molecule has 2 heterocycles. The summed E-state index contributed by atoms with van der Waals surface area (Å²) in [5.41, 5.74) is 10.6. The highest BCUT2D eigenvalue weighted by molar-refractivity contribution is 6.34. The molecule has 0 saturated heterocycles. The minimum Gasteiger partial charge on any atom is -0.456 e. The fraction of sp³-hybridized carbons (Fsp3) is 0. The van der Waals surface area contributed by atoms with Crippen LogP contribution in [0.1, 0.15) is 0 Å². The van der Waals surface area contributed by atoms with Gasteiger partial charge in [-0.05, 0) is 79.5 Å². The summed E-state index contributed by atoms with van der Waals surface area (Å²) in [6, 6.07) is 60.7. The van der Waals surface area contributed by atoms with Crippen LogP contribution < -0.4 is 0 Å². The maximum absolute atomic E-state index is 6.98. The number of hydrogen-bond donors (Lipinski definition) is 0. The van der Waals surface area contributed by atoms with E-state index in [1.165, 1.54) is 49.4 Å². The van der Waals surface area contributed by atoms with Gasteiger partial charge < -0.3 is 8.83 Å². The first-order valence-corrected chi connectivity index (χ1v) is 17.1. The molecule has 2 aromatic heterocycles. The summed E-state index contributed by atoms with van der Waals surface area (Å²) in [6.45, 7) is 0. The lowest BCUT2D eigenvalue weighted by molar-refractivity contribution is 0.669. The Hall–Kier alpha value is -6.64. The van der Waals surface area contributed by atoms with Crippen molar-refractivity contribution in [2.45, 2.75) is 0 Å². The van der Waals surface area contributed by atoms with E-state index >= 15 is 0 Å². The highest BCUT2D eigenvalue weighted by Gasteiger charge is 2.24. The SMILES string of the molecule is c1ccc(-c2ccc3c(-c4ccccc4)c4ccccc4c(-c4cc5ccc6oc7ccccc7c6c5c5c4oc4ccccc45)c3c2)cc1. The summed E-state index contributed by atoms with van der Waals surface area (Å²) in [5.74, 6) is 0. The Labute approximate surface area is 287 Å². The third kappa shape index (κ3) is 3.85. The highest BCUT2D eigenvalue weighted by atomic mass is 16.3.